The van der Waals surface area contributed by atoms with Crippen LogP contribution in [0.15, 0.2) is 23.2 Å². The van der Waals surface area contributed by atoms with Crippen molar-refractivity contribution in [3.63, 3.8) is 0 Å². The Bertz CT molecular complexity index is 426. The van der Waals surface area contributed by atoms with E-state index >= 15 is 0 Å². The maximum atomic E-state index is 11.4. The topological polar surface area (TPSA) is 55.4 Å². The van der Waals surface area contributed by atoms with E-state index in [0.717, 1.165) is 11.3 Å². The summed E-state index contributed by atoms with van der Waals surface area (Å²) in [5.74, 6) is 0.696. The van der Waals surface area contributed by atoms with Crippen molar-refractivity contribution < 1.29 is 4.79 Å². The molecular formula is C10H9BrN2O. The van der Waals surface area contributed by atoms with E-state index in [9.17, 15) is 4.79 Å². The first-order valence-corrected chi connectivity index (χ1v) is 5.38. The average molecular weight is 253 g/mol. The molecule has 3 nitrogen and oxygen atoms in total. The van der Waals surface area contributed by atoms with Crippen LogP contribution >= 0.6 is 15.9 Å². The Hall–Kier alpha value is -1.16. The number of carbonyl (C=O) groups excluding carboxylic acids is 1. The minimum atomic E-state index is 0.0817. The SMILES string of the molecule is NC1=Nc2ccc(C(=O)CBr)cc2C1. The summed E-state index contributed by atoms with van der Waals surface area (Å²) >= 11 is 3.14. The molecule has 0 fully saturated rings. The Labute approximate surface area is 90.1 Å². The number of amidine groups is 1. The zero-order valence-corrected chi connectivity index (χ0v) is 9.04. The fourth-order valence-corrected chi connectivity index (χ4v) is 1.80. The van der Waals surface area contributed by atoms with Gasteiger partial charge in [-0.25, -0.2) is 4.99 Å². The van der Waals surface area contributed by atoms with Crippen LogP contribution in [-0.4, -0.2) is 16.9 Å². The van der Waals surface area contributed by atoms with E-state index in [-0.39, 0.29) is 5.78 Å². The van der Waals surface area contributed by atoms with Gasteiger partial charge in [-0.2, -0.15) is 0 Å². The first-order chi connectivity index (χ1) is 6.70. The molecule has 2 N–H and O–H groups in total. The highest BCUT2D eigenvalue weighted by molar-refractivity contribution is 9.09. The Kier molecular flexibility index (Phi) is 2.37. The van der Waals surface area contributed by atoms with E-state index in [0.29, 0.717) is 23.1 Å². The van der Waals surface area contributed by atoms with Gasteiger partial charge < -0.3 is 5.73 Å². The highest BCUT2D eigenvalue weighted by Gasteiger charge is 2.14. The van der Waals surface area contributed by atoms with Crippen LogP contribution in [0.2, 0.25) is 0 Å². The molecule has 14 heavy (non-hydrogen) atoms. The summed E-state index contributed by atoms with van der Waals surface area (Å²) in [7, 11) is 0. The van der Waals surface area contributed by atoms with Gasteiger partial charge in [0.2, 0.25) is 0 Å². The minimum Gasteiger partial charge on any atom is -0.387 e. The lowest BCUT2D eigenvalue weighted by Gasteiger charge is -2.00. The summed E-state index contributed by atoms with van der Waals surface area (Å²) < 4.78 is 0. The highest BCUT2D eigenvalue weighted by Crippen LogP contribution is 2.26. The second kappa shape index (κ2) is 3.53. The average Bonchev–Trinajstić information content (AvgIpc) is 2.55. The Morgan fingerprint density at radius 1 is 1.57 bits per heavy atom. The van der Waals surface area contributed by atoms with E-state index in [1.54, 1.807) is 6.07 Å². The summed E-state index contributed by atoms with van der Waals surface area (Å²) in [5.41, 5.74) is 8.23. The number of aliphatic imine (C=N–C) groups is 1. The van der Waals surface area contributed by atoms with Crippen molar-refractivity contribution in [1.82, 2.24) is 0 Å². The number of nitrogens with two attached hydrogens (primary N) is 1. The van der Waals surface area contributed by atoms with Crippen LogP contribution < -0.4 is 5.73 Å². The van der Waals surface area contributed by atoms with Gasteiger partial charge in [0, 0.05) is 12.0 Å². The van der Waals surface area contributed by atoms with Crippen molar-refractivity contribution in [2.45, 2.75) is 6.42 Å². The second-order valence-electron chi connectivity index (χ2n) is 3.18. The van der Waals surface area contributed by atoms with E-state index in [1.165, 1.54) is 0 Å². The van der Waals surface area contributed by atoms with Crippen molar-refractivity contribution in [3.05, 3.63) is 29.3 Å². The van der Waals surface area contributed by atoms with Crippen molar-refractivity contribution in [2.24, 2.45) is 10.7 Å². The Balaban J connectivity index is 2.37. The number of fused-ring (bicyclic) bond motifs is 1. The van der Waals surface area contributed by atoms with Gasteiger partial charge in [-0.1, -0.05) is 15.9 Å². The maximum Gasteiger partial charge on any atom is 0.173 e. The van der Waals surface area contributed by atoms with E-state index < -0.39 is 0 Å². The van der Waals surface area contributed by atoms with Gasteiger partial charge >= 0.3 is 0 Å². The van der Waals surface area contributed by atoms with Gasteiger partial charge in [-0.05, 0) is 23.8 Å². The molecule has 0 unspecified atom stereocenters. The smallest absolute Gasteiger partial charge is 0.173 e. The fourth-order valence-electron chi connectivity index (χ4n) is 1.48. The van der Waals surface area contributed by atoms with Crippen LogP contribution in [0.25, 0.3) is 0 Å². The zero-order chi connectivity index (χ0) is 10.1. The maximum absolute atomic E-state index is 11.4. The first-order valence-electron chi connectivity index (χ1n) is 4.26. The largest absolute Gasteiger partial charge is 0.387 e. The first kappa shape index (κ1) is 9.40. The van der Waals surface area contributed by atoms with Gasteiger partial charge in [0.15, 0.2) is 5.78 Å². The highest BCUT2D eigenvalue weighted by atomic mass is 79.9. The normalized spacial score (nSPS) is 13.6. The lowest BCUT2D eigenvalue weighted by molar-refractivity contribution is 0.102. The number of hydrogen-bond acceptors (Lipinski definition) is 3. The monoisotopic (exact) mass is 252 g/mol. The van der Waals surface area contributed by atoms with Crippen LogP contribution in [0.3, 0.4) is 0 Å². The summed E-state index contributed by atoms with van der Waals surface area (Å²) in [4.78, 5) is 15.5. The standard InChI is InChI=1S/C10H9BrN2O/c11-5-9(14)6-1-2-8-7(3-6)4-10(12)13-8/h1-3H,4-5H2,(H2,12,13). The van der Waals surface area contributed by atoms with Crippen molar-refractivity contribution in [2.75, 3.05) is 5.33 Å². The van der Waals surface area contributed by atoms with Gasteiger partial charge in [0.1, 0.15) is 5.84 Å². The molecule has 0 amide bonds. The number of hydrogen-bond donors (Lipinski definition) is 1. The molecule has 4 heteroatoms. The van der Waals surface area contributed by atoms with Crippen LogP contribution in [0.5, 0.6) is 0 Å². The molecule has 0 bridgehead atoms. The fraction of sp³-hybridized carbons (Fsp3) is 0.200. The van der Waals surface area contributed by atoms with Crippen molar-refractivity contribution in [3.8, 4) is 0 Å². The molecular weight excluding hydrogens is 244 g/mol. The molecule has 1 aliphatic rings. The number of halogens is 1. The number of Topliss-reactive ketones (excluding diaryl/α,β-unsaturated/α-hetero) is 1. The van der Waals surface area contributed by atoms with Crippen LogP contribution in [0.1, 0.15) is 15.9 Å². The molecule has 1 heterocycles. The Morgan fingerprint density at radius 3 is 3.07 bits per heavy atom. The van der Waals surface area contributed by atoms with Gasteiger partial charge in [-0.3, -0.25) is 4.79 Å². The molecule has 72 valence electrons. The molecule has 1 aromatic carbocycles. The zero-order valence-electron chi connectivity index (χ0n) is 7.46. The minimum absolute atomic E-state index is 0.0817. The number of ketones is 1. The van der Waals surface area contributed by atoms with Crippen LogP contribution in [-0.2, 0) is 6.42 Å². The van der Waals surface area contributed by atoms with Gasteiger partial charge in [-0.15, -0.1) is 0 Å². The van der Waals surface area contributed by atoms with Crippen LogP contribution in [0.4, 0.5) is 5.69 Å². The second-order valence-corrected chi connectivity index (χ2v) is 3.74. The third-order valence-corrected chi connectivity index (χ3v) is 2.67. The van der Waals surface area contributed by atoms with E-state index in [4.69, 9.17) is 5.73 Å². The van der Waals surface area contributed by atoms with Crippen molar-refractivity contribution >= 4 is 33.2 Å². The van der Waals surface area contributed by atoms with Gasteiger partial charge in [0.05, 0.1) is 11.0 Å². The molecule has 1 aromatic rings. The summed E-state index contributed by atoms with van der Waals surface area (Å²) in [6, 6.07) is 5.48. The Morgan fingerprint density at radius 2 is 2.36 bits per heavy atom. The van der Waals surface area contributed by atoms with Crippen LogP contribution in [0, 0.1) is 0 Å². The molecule has 0 atom stereocenters. The molecule has 0 aromatic heterocycles. The predicted molar refractivity (Wildman–Crippen MR) is 59.6 cm³/mol. The van der Waals surface area contributed by atoms with E-state index in [1.807, 2.05) is 12.1 Å². The lowest BCUT2D eigenvalue weighted by Crippen LogP contribution is -2.10. The summed E-state index contributed by atoms with van der Waals surface area (Å²) in [6.07, 6.45) is 0.652. The van der Waals surface area contributed by atoms with Crippen molar-refractivity contribution in [1.29, 1.82) is 0 Å². The number of nitrogens with zero attached hydrogens (tertiary/aromatic N) is 1. The number of alkyl halides is 1. The number of carbonyl (C=O) groups is 1. The predicted octanol–water partition coefficient (Wildman–Crippen LogP) is 1.81. The summed E-state index contributed by atoms with van der Waals surface area (Å²) in [6.45, 7) is 0. The van der Waals surface area contributed by atoms with E-state index in [2.05, 4.69) is 20.9 Å². The molecule has 1 aliphatic heterocycles. The molecule has 2 rings (SSSR count). The lowest BCUT2D eigenvalue weighted by atomic mass is 10.1. The van der Waals surface area contributed by atoms with Gasteiger partial charge in [0.25, 0.3) is 0 Å². The molecule has 0 spiro atoms. The third kappa shape index (κ3) is 1.57. The number of rotatable bonds is 2. The number of benzene rings is 1. The molecule has 0 aliphatic carbocycles. The third-order valence-electron chi connectivity index (χ3n) is 2.16. The molecule has 0 saturated heterocycles. The quantitative estimate of drug-likeness (QED) is 0.645. The molecule has 0 saturated carbocycles. The molecule has 0 radical (unpaired) electrons. The summed E-state index contributed by atoms with van der Waals surface area (Å²) in [5, 5.41) is 0.349.